The Hall–Kier alpha value is 0.310. The molecule has 0 amide bonds. The second-order valence-corrected chi connectivity index (χ2v) is 5.73. The van der Waals surface area contributed by atoms with Crippen LogP contribution in [0.2, 0.25) is 0 Å². The zero-order valence-electron chi connectivity index (χ0n) is 9.77. The van der Waals surface area contributed by atoms with Gasteiger partial charge < -0.3 is 5.32 Å². The lowest BCUT2D eigenvalue weighted by Crippen LogP contribution is -2.44. The van der Waals surface area contributed by atoms with E-state index in [0.29, 0.717) is 5.54 Å². The molecule has 1 saturated carbocycles. The molecule has 0 aliphatic heterocycles. The molecule has 0 bridgehead atoms. The summed E-state index contributed by atoms with van der Waals surface area (Å²) < 4.78 is 0. The number of rotatable bonds is 6. The highest BCUT2D eigenvalue weighted by Crippen LogP contribution is 2.27. The zero-order valence-corrected chi connectivity index (χ0v) is 10.6. The van der Waals surface area contributed by atoms with E-state index in [2.05, 4.69) is 18.5 Å². The predicted molar refractivity (Wildman–Crippen MR) is 67.1 cm³/mol. The van der Waals surface area contributed by atoms with E-state index in [1.54, 1.807) is 0 Å². The molecule has 0 aromatic rings. The van der Waals surface area contributed by atoms with Crippen molar-refractivity contribution >= 4 is 11.8 Å². The van der Waals surface area contributed by atoms with Gasteiger partial charge >= 0.3 is 0 Å². The van der Waals surface area contributed by atoms with Gasteiger partial charge in [-0.2, -0.15) is 11.8 Å². The number of thioether (sulfide) groups is 1. The van der Waals surface area contributed by atoms with Crippen LogP contribution in [0, 0.1) is 0 Å². The first-order valence-corrected chi connectivity index (χ1v) is 7.40. The minimum atomic E-state index is 0.470. The third kappa shape index (κ3) is 4.70. The largest absolute Gasteiger partial charge is 0.312 e. The Balaban J connectivity index is 2.03. The average Bonchev–Trinajstić information content (AvgIpc) is 2.18. The molecule has 1 aliphatic carbocycles. The van der Waals surface area contributed by atoms with Crippen molar-refractivity contribution in [2.24, 2.45) is 0 Å². The summed E-state index contributed by atoms with van der Waals surface area (Å²) in [5, 5.41) is 3.75. The quantitative estimate of drug-likeness (QED) is 0.681. The molecule has 0 aromatic heterocycles. The van der Waals surface area contributed by atoms with Crippen molar-refractivity contribution in [3.63, 3.8) is 0 Å². The van der Waals surface area contributed by atoms with Gasteiger partial charge in [0.05, 0.1) is 0 Å². The molecule has 84 valence electrons. The van der Waals surface area contributed by atoms with Gasteiger partial charge in [-0.15, -0.1) is 0 Å². The van der Waals surface area contributed by atoms with Gasteiger partial charge in [0.15, 0.2) is 0 Å². The van der Waals surface area contributed by atoms with Gasteiger partial charge in [-0.3, -0.25) is 0 Å². The summed E-state index contributed by atoms with van der Waals surface area (Å²) >= 11 is 1.96. The summed E-state index contributed by atoms with van der Waals surface area (Å²) in [6.45, 7) is 3.62. The van der Waals surface area contributed by atoms with Crippen LogP contribution in [0.15, 0.2) is 0 Å². The lowest BCUT2D eigenvalue weighted by molar-refractivity contribution is 0.254. The molecule has 0 aromatic carbocycles. The molecule has 1 fully saturated rings. The summed E-state index contributed by atoms with van der Waals surface area (Å²) in [6.07, 6.45) is 12.0. The van der Waals surface area contributed by atoms with Crippen molar-refractivity contribution in [1.82, 2.24) is 5.32 Å². The fourth-order valence-corrected chi connectivity index (χ4v) is 2.76. The first kappa shape index (κ1) is 12.4. The van der Waals surface area contributed by atoms with Crippen molar-refractivity contribution in [3.8, 4) is 0 Å². The Morgan fingerprint density at radius 3 is 2.50 bits per heavy atom. The molecule has 0 atom stereocenters. The normalized spacial score (nSPS) is 21.0. The lowest BCUT2D eigenvalue weighted by Gasteiger charge is -2.34. The molecule has 1 nitrogen and oxygen atoms in total. The maximum atomic E-state index is 3.75. The molecule has 14 heavy (non-hydrogen) atoms. The highest BCUT2D eigenvalue weighted by molar-refractivity contribution is 7.98. The topological polar surface area (TPSA) is 12.0 Å². The Morgan fingerprint density at radius 2 is 1.86 bits per heavy atom. The van der Waals surface area contributed by atoms with Crippen molar-refractivity contribution < 1.29 is 0 Å². The van der Waals surface area contributed by atoms with Crippen LogP contribution < -0.4 is 5.32 Å². The summed E-state index contributed by atoms with van der Waals surface area (Å²) in [4.78, 5) is 0. The van der Waals surface area contributed by atoms with Crippen LogP contribution in [0.1, 0.15) is 51.9 Å². The van der Waals surface area contributed by atoms with Crippen molar-refractivity contribution in [3.05, 3.63) is 0 Å². The molecule has 0 spiro atoms. The minimum absolute atomic E-state index is 0.470. The van der Waals surface area contributed by atoms with E-state index in [1.165, 1.54) is 57.2 Å². The van der Waals surface area contributed by atoms with Crippen LogP contribution in [-0.2, 0) is 0 Å². The summed E-state index contributed by atoms with van der Waals surface area (Å²) in [5.74, 6) is 1.32. The SMILES string of the molecule is CSCCCCNC1(C)CCCCC1. The van der Waals surface area contributed by atoms with Crippen LogP contribution in [0.25, 0.3) is 0 Å². The fourth-order valence-electron chi connectivity index (χ4n) is 2.27. The summed E-state index contributed by atoms with van der Waals surface area (Å²) in [7, 11) is 0. The maximum absolute atomic E-state index is 3.75. The molecule has 1 rings (SSSR count). The van der Waals surface area contributed by atoms with Gasteiger partial charge in [0.2, 0.25) is 0 Å². The monoisotopic (exact) mass is 215 g/mol. The molecule has 0 unspecified atom stereocenters. The first-order chi connectivity index (χ1) is 6.77. The standard InChI is InChI=1S/C12H25NS/c1-12(8-4-3-5-9-12)13-10-6-7-11-14-2/h13H,3-11H2,1-2H3. The highest BCUT2D eigenvalue weighted by Gasteiger charge is 2.25. The number of unbranched alkanes of at least 4 members (excludes halogenated alkanes) is 1. The van der Waals surface area contributed by atoms with Crippen LogP contribution in [0.4, 0.5) is 0 Å². The molecular formula is C12H25NS. The van der Waals surface area contributed by atoms with Gasteiger partial charge in [0, 0.05) is 5.54 Å². The van der Waals surface area contributed by atoms with Gasteiger partial charge in [-0.1, -0.05) is 19.3 Å². The molecule has 0 saturated heterocycles. The van der Waals surface area contributed by atoms with Crippen LogP contribution >= 0.6 is 11.8 Å². The second-order valence-electron chi connectivity index (χ2n) is 4.75. The van der Waals surface area contributed by atoms with Gasteiger partial charge in [-0.25, -0.2) is 0 Å². The van der Waals surface area contributed by atoms with Crippen LogP contribution in [0.5, 0.6) is 0 Å². The molecule has 1 N–H and O–H groups in total. The van der Waals surface area contributed by atoms with E-state index in [9.17, 15) is 0 Å². The van der Waals surface area contributed by atoms with Crippen molar-refractivity contribution in [1.29, 1.82) is 0 Å². The Labute approximate surface area is 93.4 Å². The zero-order chi connectivity index (χ0) is 10.3. The maximum Gasteiger partial charge on any atom is 0.0153 e. The predicted octanol–water partition coefficient (Wildman–Crippen LogP) is 3.44. The fraction of sp³-hybridized carbons (Fsp3) is 1.00. The third-order valence-corrected chi connectivity index (χ3v) is 3.98. The van der Waals surface area contributed by atoms with Crippen LogP contribution in [-0.4, -0.2) is 24.1 Å². The molecule has 0 heterocycles. The molecule has 2 heteroatoms. The number of hydrogen-bond acceptors (Lipinski definition) is 2. The van der Waals surface area contributed by atoms with Crippen LogP contribution in [0.3, 0.4) is 0 Å². The van der Waals surface area contributed by atoms with Crippen molar-refractivity contribution in [2.45, 2.75) is 57.4 Å². The van der Waals surface area contributed by atoms with E-state index >= 15 is 0 Å². The van der Waals surface area contributed by atoms with E-state index in [1.807, 2.05) is 11.8 Å². The highest BCUT2D eigenvalue weighted by atomic mass is 32.2. The first-order valence-electron chi connectivity index (χ1n) is 6.01. The number of hydrogen-bond donors (Lipinski definition) is 1. The molecule has 0 radical (unpaired) electrons. The van der Waals surface area contributed by atoms with E-state index in [-0.39, 0.29) is 0 Å². The second kappa shape index (κ2) is 6.73. The van der Waals surface area contributed by atoms with Gasteiger partial charge in [0.25, 0.3) is 0 Å². The van der Waals surface area contributed by atoms with E-state index < -0.39 is 0 Å². The molecule has 1 aliphatic rings. The van der Waals surface area contributed by atoms with Crippen molar-refractivity contribution in [2.75, 3.05) is 18.6 Å². The lowest BCUT2D eigenvalue weighted by atomic mass is 9.83. The van der Waals surface area contributed by atoms with E-state index in [0.717, 1.165) is 0 Å². The van der Waals surface area contributed by atoms with Gasteiger partial charge in [-0.05, 0) is 51.2 Å². The third-order valence-electron chi connectivity index (χ3n) is 3.28. The van der Waals surface area contributed by atoms with Gasteiger partial charge in [0.1, 0.15) is 0 Å². The minimum Gasteiger partial charge on any atom is -0.312 e. The Morgan fingerprint density at radius 1 is 1.14 bits per heavy atom. The Bertz CT molecular complexity index is 141. The average molecular weight is 215 g/mol. The molecular weight excluding hydrogens is 190 g/mol. The summed E-state index contributed by atoms with van der Waals surface area (Å²) in [6, 6.07) is 0. The smallest absolute Gasteiger partial charge is 0.0153 e. The number of nitrogens with one attached hydrogen (secondary N) is 1. The van der Waals surface area contributed by atoms with E-state index in [4.69, 9.17) is 0 Å². The summed E-state index contributed by atoms with van der Waals surface area (Å²) in [5.41, 5.74) is 0.470. The Kier molecular flexibility index (Phi) is 5.95.